The van der Waals surface area contributed by atoms with Crippen LogP contribution in [0.4, 0.5) is 0 Å². The molecular weight excluding hydrogens is 1010 g/mol. The Balaban J connectivity index is 2.66. The molecule has 1 aliphatic rings. The van der Waals surface area contributed by atoms with Gasteiger partial charge in [0.25, 0.3) is 0 Å². The number of amides is 1. The quantitative estimate of drug-likeness (QED) is 0.0195. The zero-order valence-electron chi connectivity index (χ0n) is 51.4. The molecule has 11 nitrogen and oxygen atoms in total. The number of esters is 1. The van der Waals surface area contributed by atoms with E-state index in [4.69, 9.17) is 14.2 Å². The average molecular weight is 1130 g/mol. The third-order valence-corrected chi connectivity index (χ3v) is 14.7. The molecule has 1 heterocycles. The van der Waals surface area contributed by atoms with Gasteiger partial charge in [0.1, 0.15) is 24.4 Å². The van der Waals surface area contributed by atoms with E-state index in [1.807, 2.05) is 6.08 Å². The number of hydrogen-bond acceptors (Lipinski definition) is 10. The minimum atomic E-state index is -1.64. The van der Waals surface area contributed by atoms with Gasteiger partial charge >= 0.3 is 5.97 Å². The molecule has 0 radical (unpaired) electrons. The van der Waals surface area contributed by atoms with E-state index in [9.17, 15) is 35.1 Å². The third-order valence-electron chi connectivity index (χ3n) is 14.7. The van der Waals surface area contributed by atoms with Crippen LogP contribution >= 0.6 is 0 Å². The number of aliphatic hydroxyl groups is 5. The minimum absolute atomic E-state index is 0.0631. The fraction of sp³-hybridized carbons (Fsp3) is 0.714. The van der Waals surface area contributed by atoms with E-state index in [1.54, 1.807) is 6.08 Å². The van der Waals surface area contributed by atoms with Crippen LogP contribution in [0.2, 0.25) is 0 Å². The molecule has 1 saturated heterocycles. The molecule has 8 unspecified atom stereocenters. The standard InChI is InChI=1S/C70H119NO10/c1-4-7-10-13-16-19-22-24-26-28-30-32-34-36-38-40-43-46-49-52-55-58-65(75)81-68-67(77)66(76)64(59-72)80-70(68)79-60-61(62(73)56-53-50-47-44-41-21-18-15-12-9-6-3)71-69(78)63(74)57-54-51-48-45-42-39-37-35-33-31-29-27-25-23-20-17-14-11-8-5-2/h7,10,16-17,19-20,24-27,30,32,36,38,43,46,53,56,61-64,66-68,70,72-74,76-77H,4-6,8-9,11-15,18,21-23,28-29,31,33-35,37,39-42,44-45,47-52,54-55,57-60H2,1-3H3,(H,71,78)/b10-7-,19-16-,20-17-,26-24-,27-25-,32-30-,38-36-,46-43-,56-53+. The van der Waals surface area contributed by atoms with Crippen LogP contribution in [0.25, 0.3) is 0 Å². The molecule has 1 aliphatic heterocycles. The summed E-state index contributed by atoms with van der Waals surface area (Å²) in [6.07, 6.45) is 67.0. The van der Waals surface area contributed by atoms with Gasteiger partial charge in [0.15, 0.2) is 12.4 Å². The van der Waals surface area contributed by atoms with Crippen molar-refractivity contribution in [2.45, 2.75) is 307 Å². The van der Waals surface area contributed by atoms with Gasteiger partial charge in [-0.25, -0.2) is 0 Å². The molecule has 0 aliphatic carbocycles. The highest BCUT2D eigenvalue weighted by Crippen LogP contribution is 2.26. The normalized spacial score (nSPS) is 19.4. The number of nitrogens with one attached hydrogen (secondary N) is 1. The van der Waals surface area contributed by atoms with Crippen molar-refractivity contribution in [2.24, 2.45) is 0 Å². The van der Waals surface area contributed by atoms with Crippen molar-refractivity contribution in [3.05, 3.63) is 109 Å². The lowest BCUT2D eigenvalue weighted by Gasteiger charge is -2.41. The Morgan fingerprint density at radius 3 is 1.36 bits per heavy atom. The Hall–Kier alpha value is -3.68. The highest BCUT2D eigenvalue weighted by atomic mass is 16.7. The maximum absolute atomic E-state index is 13.4. The van der Waals surface area contributed by atoms with Crippen LogP contribution in [-0.4, -0.2) is 99.6 Å². The second kappa shape index (κ2) is 56.8. The van der Waals surface area contributed by atoms with Crippen LogP contribution < -0.4 is 5.32 Å². The van der Waals surface area contributed by atoms with Crippen molar-refractivity contribution in [3.63, 3.8) is 0 Å². The maximum atomic E-state index is 13.4. The molecule has 0 aromatic heterocycles. The van der Waals surface area contributed by atoms with Crippen molar-refractivity contribution in [3.8, 4) is 0 Å². The van der Waals surface area contributed by atoms with Gasteiger partial charge in [0, 0.05) is 6.42 Å². The van der Waals surface area contributed by atoms with Crippen molar-refractivity contribution in [2.75, 3.05) is 13.2 Å². The molecule has 6 N–H and O–H groups in total. The van der Waals surface area contributed by atoms with Crippen molar-refractivity contribution in [1.82, 2.24) is 5.32 Å². The Morgan fingerprint density at radius 2 is 0.889 bits per heavy atom. The lowest BCUT2D eigenvalue weighted by Crippen LogP contribution is -2.61. The lowest BCUT2D eigenvalue weighted by atomic mass is 9.99. The number of rotatable bonds is 54. The van der Waals surface area contributed by atoms with Crippen LogP contribution in [0, 0.1) is 0 Å². The van der Waals surface area contributed by atoms with Crippen LogP contribution in [0.3, 0.4) is 0 Å². The largest absolute Gasteiger partial charge is 0.454 e. The van der Waals surface area contributed by atoms with Crippen LogP contribution in [0.5, 0.6) is 0 Å². The van der Waals surface area contributed by atoms with E-state index in [1.165, 1.54) is 103 Å². The Morgan fingerprint density at radius 1 is 0.494 bits per heavy atom. The molecule has 1 rings (SSSR count). The second-order valence-electron chi connectivity index (χ2n) is 22.1. The summed E-state index contributed by atoms with van der Waals surface area (Å²) in [6.45, 7) is 5.62. The first-order chi connectivity index (χ1) is 39.7. The summed E-state index contributed by atoms with van der Waals surface area (Å²) in [7, 11) is 0. The number of hydrogen-bond donors (Lipinski definition) is 6. The summed E-state index contributed by atoms with van der Waals surface area (Å²) >= 11 is 0. The summed E-state index contributed by atoms with van der Waals surface area (Å²) in [5, 5.41) is 57.0. The maximum Gasteiger partial charge on any atom is 0.306 e. The molecule has 1 fully saturated rings. The number of aliphatic hydroxyl groups excluding tert-OH is 5. The van der Waals surface area contributed by atoms with E-state index in [2.05, 4.69) is 123 Å². The zero-order valence-corrected chi connectivity index (χ0v) is 51.4. The highest BCUT2D eigenvalue weighted by Gasteiger charge is 2.47. The molecule has 1 amide bonds. The molecular formula is C70H119NO10. The van der Waals surface area contributed by atoms with Gasteiger partial charge in [-0.05, 0) is 109 Å². The predicted molar refractivity (Wildman–Crippen MR) is 338 cm³/mol. The monoisotopic (exact) mass is 1130 g/mol. The minimum Gasteiger partial charge on any atom is -0.454 e. The molecule has 81 heavy (non-hydrogen) atoms. The SMILES string of the molecule is CC/C=C\C/C=C\C/C=C\C/C=C\C/C=C\C/C=C\CCCCC(=O)OC1C(OCC(NC(=O)C(O)CCCCCCCCCCCC/C=C\C/C=C\CCCCC)C(O)/C=C/CCCCCCCCCCC)OC(CO)C(O)C1O. The summed E-state index contributed by atoms with van der Waals surface area (Å²) in [4.78, 5) is 26.6. The summed E-state index contributed by atoms with van der Waals surface area (Å²) < 4.78 is 17.6. The third kappa shape index (κ3) is 44.5. The molecule has 464 valence electrons. The van der Waals surface area contributed by atoms with Gasteiger partial charge in [-0.1, -0.05) is 252 Å². The molecule has 0 saturated carbocycles. The number of carbonyl (C=O) groups is 2. The van der Waals surface area contributed by atoms with E-state index >= 15 is 0 Å². The van der Waals surface area contributed by atoms with Crippen molar-refractivity contribution >= 4 is 11.9 Å². The number of unbranched alkanes of at least 4 members (excludes halogenated alkanes) is 24. The van der Waals surface area contributed by atoms with Gasteiger partial charge in [0.2, 0.25) is 5.91 Å². The fourth-order valence-electron chi connectivity index (χ4n) is 9.51. The number of allylic oxidation sites excluding steroid dienone is 17. The Labute approximate surface area is 494 Å². The first kappa shape index (κ1) is 75.3. The Bertz CT molecular complexity index is 1730. The van der Waals surface area contributed by atoms with E-state index in [0.717, 1.165) is 109 Å². The first-order valence-corrected chi connectivity index (χ1v) is 32.7. The van der Waals surface area contributed by atoms with Gasteiger partial charge in [-0.3, -0.25) is 9.59 Å². The van der Waals surface area contributed by atoms with Crippen LogP contribution in [0.15, 0.2) is 109 Å². The summed E-state index contributed by atoms with van der Waals surface area (Å²) in [5.74, 6) is -1.25. The second-order valence-corrected chi connectivity index (χ2v) is 22.1. The van der Waals surface area contributed by atoms with Crippen molar-refractivity contribution < 1.29 is 49.3 Å². The zero-order chi connectivity index (χ0) is 58.9. The summed E-state index contributed by atoms with van der Waals surface area (Å²) in [5.41, 5.74) is 0. The lowest BCUT2D eigenvalue weighted by molar-refractivity contribution is -0.305. The van der Waals surface area contributed by atoms with Gasteiger partial charge in [0.05, 0.1) is 25.4 Å². The predicted octanol–water partition coefficient (Wildman–Crippen LogP) is 16.1. The highest BCUT2D eigenvalue weighted by molar-refractivity contribution is 5.80. The number of carbonyl (C=O) groups excluding carboxylic acids is 2. The average Bonchev–Trinajstić information content (AvgIpc) is 3.50. The van der Waals surface area contributed by atoms with E-state index in [0.29, 0.717) is 12.8 Å². The fourth-order valence-corrected chi connectivity index (χ4v) is 9.51. The topological polar surface area (TPSA) is 175 Å². The van der Waals surface area contributed by atoms with E-state index in [-0.39, 0.29) is 19.4 Å². The van der Waals surface area contributed by atoms with Gasteiger partial charge in [-0.15, -0.1) is 0 Å². The van der Waals surface area contributed by atoms with Gasteiger partial charge < -0.3 is 45.1 Å². The van der Waals surface area contributed by atoms with Crippen LogP contribution in [0.1, 0.15) is 258 Å². The number of ether oxygens (including phenoxy) is 3. The smallest absolute Gasteiger partial charge is 0.306 e. The Kier molecular flexibility index (Phi) is 52.8. The van der Waals surface area contributed by atoms with Crippen LogP contribution in [-0.2, 0) is 23.8 Å². The molecule has 11 heteroatoms. The molecule has 0 aromatic rings. The molecule has 0 spiro atoms. The molecule has 0 aromatic carbocycles. The molecule has 8 atom stereocenters. The molecule has 0 bridgehead atoms. The van der Waals surface area contributed by atoms with Crippen molar-refractivity contribution in [1.29, 1.82) is 0 Å². The van der Waals surface area contributed by atoms with Gasteiger partial charge in [-0.2, -0.15) is 0 Å². The summed E-state index contributed by atoms with van der Waals surface area (Å²) in [6, 6.07) is -1.04. The van der Waals surface area contributed by atoms with E-state index < -0.39 is 67.4 Å². The first-order valence-electron chi connectivity index (χ1n) is 32.7.